The highest BCUT2D eigenvalue weighted by Gasteiger charge is 2.37. The Labute approximate surface area is 130 Å². The van der Waals surface area contributed by atoms with Crippen LogP contribution >= 0.6 is 0 Å². The molecule has 0 aromatic carbocycles. The lowest BCUT2D eigenvalue weighted by atomic mass is 9.88. The third-order valence-electron chi connectivity index (χ3n) is 4.24. The summed E-state index contributed by atoms with van der Waals surface area (Å²) in [4.78, 5) is 16.5. The number of aromatic nitrogens is 1. The maximum atomic E-state index is 12.4. The number of hydrogen-bond donors (Lipinski definition) is 0. The molecule has 22 heavy (non-hydrogen) atoms. The van der Waals surface area contributed by atoms with Gasteiger partial charge in [-0.1, -0.05) is 0 Å². The fraction of sp³-hybridized carbons (Fsp3) is 0.444. The number of hydrogen-bond acceptors (Lipinski definition) is 4. The molecule has 0 bridgehead atoms. The molecule has 0 saturated heterocycles. The van der Waals surface area contributed by atoms with Crippen molar-refractivity contribution in [3.63, 3.8) is 0 Å². The van der Waals surface area contributed by atoms with Gasteiger partial charge in [0.1, 0.15) is 11.4 Å². The first kappa shape index (κ1) is 15.0. The second-order valence-corrected chi connectivity index (χ2v) is 6.24. The van der Waals surface area contributed by atoms with Crippen molar-refractivity contribution in [1.29, 1.82) is 0 Å². The molecule has 1 aromatic heterocycles. The number of Topliss-reactive ketones (excluding diaryl/α,β-unsaturated/α-hetero) is 1. The molecule has 0 radical (unpaired) electrons. The first-order valence-electron chi connectivity index (χ1n) is 7.62. The third kappa shape index (κ3) is 2.59. The van der Waals surface area contributed by atoms with Crippen LogP contribution in [0.2, 0.25) is 0 Å². The Morgan fingerprint density at radius 3 is 3.05 bits per heavy atom. The number of pyridine rings is 1. The van der Waals surface area contributed by atoms with Crippen molar-refractivity contribution < 1.29 is 14.3 Å². The van der Waals surface area contributed by atoms with Gasteiger partial charge >= 0.3 is 0 Å². The second-order valence-electron chi connectivity index (χ2n) is 6.24. The first-order chi connectivity index (χ1) is 10.5. The van der Waals surface area contributed by atoms with Gasteiger partial charge in [0.2, 0.25) is 0 Å². The predicted octanol–water partition coefficient (Wildman–Crippen LogP) is 3.33. The predicted molar refractivity (Wildman–Crippen MR) is 84.7 cm³/mol. The van der Waals surface area contributed by atoms with E-state index in [1.54, 1.807) is 19.5 Å². The van der Waals surface area contributed by atoms with Crippen LogP contribution in [0.5, 0.6) is 5.75 Å². The van der Waals surface area contributed by atoms with E-state index in [1.807, 2.05) is 26.0 Å². The quantitative estimate of drug-likeness (QED) is 0.782. The minimum Gasteiger partial charge on any atom is -0.481 e. The topological polar surface area (TPSA) is 48.4 Å². The molecule has 0 atom stereocenters. The summed E-state index contributed by atoms with van der Waals surface area (Å²) in [5.41, 5.74) is 3.81. The Morgan fingerprint density at radius 2 is 2.27 bits per heavy atom. The Hall–Kier alpha value is -1.94. The van der Waals surface area contributed by atoms with E-state index in [-0.39, 0.29) is 5.78 Å². The summed E-state index contributed by atoms with van der Waals surface area (Å²) < 4.78 is 11.1. The molecule has 0 saturated carbocycles. The van der Waals surface area contributed by atoms with Crippen molar-refractivity contribution in [2.75, 3.05) is 13.7 Å². The number of methoxy groups -OCH3 is 1. The van der Waals surface area contributed by atoms with Gasteiger partial charge < -0.3 is 9.47 Å². The fourth-order valence-corrected chi connectivity index (χ4v) is 3.13. The Bertz CT molecular complexity index is 671. The molecule has 2 aliphatic rings. The fourth-order valence-electron chi connectivity index (χ4n) is 3.13. The summed E-state index contributed by atoms with van der Waals surface area (Å²) in [5.74, 6) is 1.01. The van der Waals surface area contributed by atoms with Crippen LogP contribution in [-0.2, 0) is 9.53 Å². The smallest absolute Gasteiger partial charge is 0.159 e. The molecule has 0 spiro atoms. The van der Waals surface area contributed by atoms with Crippen molar-refractivity contribution in [3.8, 4) is 5.75 Å². The summed E-state index contributed by atoms with van der Waals surface area (Å²) in [5, 5.41) is 0. The average molecular weight is 299 g/mol. The highest BCUT2D eigenvalue weighted by molar-refractivity contribution is 6.01. The Kier molecular flexibility index (Phi) is 3.87. The van der Waals surface area contributed by atoms with Gasteiger partial charge in [0, 0.05) is 38.3 Å². The van der Waals surface area contributed by atoms with Crippen LogP contribution in [0.25, 0.3) is 5.57 Å². The molecule has 3 rings (SSSR count). The van der Waals surface area contributed by atoms with Gasteiger partial charge in [-0.2, -0.15) is 0 Å². The molecular formula is C18H21NO3. The molecule has 4 heteroatoms. The molecule has 0 fully saturated rings. The van der Waals surface area contributed by atoms with E-state index in [2.05, 4.69) is 4.98 Å². The molecule has 1 aliphatic heterocycles. The van der Waals surface area contributed by atoms with Crippen molar-refractivity contribution in [1.82, 2.24) is 4.98 Å². The van der Waals surface area contributed by atoms with E-state index >= 15 is 0 Å². The largest absolute Gasteiger partial charge is 0.481 e. The molecule has 4 nitrogen and oxygen atoms in total. The van der Waals surface area contributed by atoms with E-state index in [1.165, 1.54) is 5.57 Å². The number of ketones is 1. The summed E-state index contributed by atoms with van der Waals surface area (Å²) in [7, 11) is 1.66. The minimum atomic E-state index is -0.431. The van der Waals surface area contributed by atoms with Crippen LogP contribution in [0.4, 0.5) is 0 Å². The maximum absolute atomic E-state index is 12.4. The number of nitrogens with zero attached hydrogens (tertiary/aromatic N) is 1. The number of carbonyl (C=O) groups is 1. The molecule has 1 aliphatic carbocycles. The molecular weight excluding hydrogens is 278 g/mol. The summed E-state index contributed by atoms with van der Waals surface area (Å²) in [6.45, 7) is 4.69. The molecule has 0 amide bonds. The van der Waals surface area contributed by atoms with Gasteiger partial charge in [0.05, 0.1) is 6.20 Å². The van der Waals surface area contributed by atoms with E-state index in [9.17, 15) is 4.79 Å². The standard InChI is InChI=1S/C18H21NO3/c1-18(2)15-10-12(16(20)5-4-8-21-3)9-14(15)13-6-7-19-11-17(13)22-18/h6-7,10-11H,4-5,8-9H2,1-3H3. The monoisotopic (exact) mass is 299 g/mol. The molecule has 1 aromatic rings. The second kappa shape index (κ2) is 5.69. The Morgan fingerprint density at radius 1 is 1.45 bits per heavy atom. The van der Waals surface area contributed by atoms with E-state index in [0.29, 0.717) is 19.4 Å². The highest BCUT2D eigenvalue weighted by atomic mass is 16.5. The highest BCUT2D eigenvalue weighted by Crippen LogP contribution is 2.47. The molecule has 0 unspecified atom stereocenters. The summed E-state index contributed by atoms with van der Waals surface area (Å²) >= 11 is 0. The van der Waals surface area contributed by atoms with Gasteiger partial charge in [-0.05, 0) is 49.1 Å². The van der Waals surface area contributed by atoms with Crippen LogP contribution in [0, 0.1) is 0 Å². The minimum absolute atomic E-state index is 0.206. The van der Waals surface area contributed by atoms with E-state index in [4.69, 9.17) is 9.47 Å². The number of ether oxygens (including phenoxy) is 2. The van der Waals surface area contributed by atoms with Crippen LogP contribution in [0.3, 0.4) is 0 Å². The first-order valence-corrected chi connectivity index (χ1v) is 7.62. The van der Waals surface area contributed by atoms with Crippen molar-refractivity contribution >= 4 is 11.4 Å². The van der Waals surface area contributed by atoms with Crippen molar-refractivity contribution in [2.24, 2.45) is 0 Å². The maximum Gasteiger partial charge on any atom is 0.159 e. The number of allylic oxidation sites excluding steroid dienone is 2. The Balaban J connectivity index is 1.86. The summed E-state index contributed by atoms with van der Waals surface area (Å²) in [6.07, 6.45) is 7.52. The molecule has 2 heterocycles. The lowest BCUT2D eigenvalue weighted by Crippen LogP contribution is -2.33. The lowest BCUT2D eigenvalue weighted by Gasteiger charge is -2.33. The van der Waals surface area contributed by atoms with Crippen LogP contribution in [0.1, 0.15) is 38.7 Å². The van der Waals surface area contributed by atoms with Crippen molar-refractivity contribution in [2.45, 2.75) is 38.7 Å². The number of carbonyl (C=O) groups excluding carboxylic acids is 1. The van der Waals surface area contributed by atoms with Gasteiger partial charge in [-0.3, -0.25) is 9.78 Å². The lowest BCUT2D eigenvalue weighted by molar-refractivity contribution is -0.115. The van der Waals surface area contributed by atoms with Gasteiger partial charge in [0.15, 0.2) is 5.78 Å². The average Bonchev–Trinajstić information content (AvgIpc) is 2.94. The van der Waals surface area contributed by atoms with Crippen LogP contribution in [0.15, 0.2) is 35.7 Å². The van der Waals surface area contributed by atoms with Crippen LogP contribution < -0.4 is 4.74 Å². The van der Waals surface area contributed by atoms with E-state index in [0.717, 1.165) is 28.9 Å². The third-order valence-corrected chi connectivity index (χ3v) is 4.24. The van der Waals surface area contributed by atoms with Gasteiger partial charge in [-0.25, -0.2) is 0 Å². The zero-order valence-corrected chi connectivity index (χ0v) is 13.3. The molecule has 0 N–H and O–H groups in total. The van der Waals surface area contributed by atoms with Gasteiger partial charge in [0.25, 0.3) is 0 Å². The zero-order valence-electron chi connectivity index (χ0n) is 13.3. The van der Waals surface area contributed by atoms with Crippen LogP contribution in [-0.4, -0.2) is 30.1 Å². The number of rotatable bonds is 5. The number of fused-ring (bicyclic) bond motifs is 2. The van der Waals surface area contributed by atoms with Crippen molar-refractivity contribution in [3.05, 3.63) is 41.2 Å². The zero-order chi connectivity index (χ0) is 15.7. The molecule has 116 valence electrons. The van der Waals surface area contributed by atoms with E-state index < -0.39 is 5.60 Å². The summed E-state index contributed by atoms with van der Waals surface area (Å²) in [6, 6.07) is 1.96. The van der Waals surface area contributed by atoms with Gasteiger partial charge in [-0.15, -0.1) is 0 Å². The SMILES string of the molecule is COCCCC(=O)C1=CC2=C(C1)c1ccncc1OC2(C)C. The normalized spacial score (nSPS) is 18.4.